The number of nitrogens with two attached hydrogens (primary N) is 1. The number of hydrogen-bond donors (Lipinski definition) is 3. The first-order valence-electron chi connectivity index (χ1n) is 7.56. The molecule has 4 nitrogen and oxygen atoms in total. The molecular weight excluding hydrogens is 224 g/mol. The van der Waals surface area contributed by atoms with Crippen LogP contribution in [0.25, 0.3) is 0 Å². The summed E-state index contributed by atoms with van der Waals surface area (Å²) >= 11 is 0. The van der Waals surface area contributed by atoms with E-state index in [0.29, 0.717) is 0 Å². The SMILES string of the molecule is CNCCCCCN(CCN)CCCCCNC. The Morgan fingerprint density at radius 2 is 1.22 bits per heavy atom. The van der Waals surface area contributed by atoms with Crippen LogP contribution in [0.4, 0.5) is 0 Å². The van der Waals surface area contributed by atoms with Gasteiger partial charge in [-0.25, -0.2) is 0 Å². The molecule has 0 aromatic carbocycles. The summed E-state index contributed by atoms with van der Waals surface area (Å²) in [6.07, 6.45) is 7.82. The Morgan fingerprint density at radius 3 is 1.61 bits per heavy atom. The lowest BCUT2D eigenvalue weighted by Gasteiger charge is -2.21. The van der Waals surface area contributed by atoms with Crippen LogP contribution in [0, 0.1) is 0 Å². The van der Waals surface area contributed by atoms with Gasteiger partial charge in [0.2, 0.25) is 0 Å². The summed E-state index contributed by atoms with van der Waals surface area (Å²) in [5, 5.41) is 6.39. The van der Waals surface area contributed by atoms with Crippen LogP contribution < -0.4 is 16.4 Å². The van der Waals surface area contributed by atoms with Gasteiger partial charge in [-0.15, -0.1) is 0 Å². The fraction of sp³-hybridized carbons (Fsp3) is 1.00. The maximum atomic E-state index is 5.67. The lowest BCUT2D eigenvalue weighted by Crippen LogP contribution is -2.31. The predicted molar refractivity (Wildman–Crippen MR) is 81.0 cm³/mol. The van der Waals surface area contributed by atoms with Gasteiger partial charge < -0.3 is 21.3 Å². The van der Waals surface area contributed by atoms with E-state index in [0.717, 1.165) is 26.2 Å². The van der Waals surface area contributed by atoms with E-state index in [9.17, 15) is 0 Å². The highest BCUT2D eigenvalue weighted by Gasteiger charge is 2.03. The summed E-state index contributed by atoms with van der Waals surface area (Å²) in [7, 11) is 4.04. The minimum atomic E-state index is 0.785. The average molecular weight is 258 g/mol. The van der Waals surface area contributed by atoms with Crippen molar-refractivity contribution >= 4 is 0 Å². The van der Waals surface area contributed by atoms with Gasteiger partial charge in [-0.05, 0) is 66.0 Å². The second kappa shape index (κ2) is 14.9. The molecule has 0 spiro atoms. The molecule has 0 aliphatic heterocycles. The van der Waals surface area contributed by atoms with Gasteiger partial charge >= 0.3 is 0 Å². The second-order valence-electron chi connectivity index (χ2n) is 4.96. The second-order valence-corrected chi connectivity index (χ2v) is 4.96. The number of hydrogen-bond acceptors (Lipinski definition) is 4. The van der Waals surface area contributed by atoms with Crippen LogP contribution in [0.3, 0.4) is 0 Å². The molecule has 4 N–H and O–H groups in total. The molecule has 0 amide bonds. The predicted octanol–water partition coefficient (Wildman–Crippen LogP) is 1.03. The molecule has 0 saturated carbocycles. The van der Waals surface area contributed by atoms with Crippen LogP contribution >= 0.6 is 0 Å². The summed E-state index contributed by atoms with van der Waals surface area (Å²) in [5.41, 5.74) is 5.67. The molecule has 4 heteroatoms. The first-order chi connectivity index (χ1) is 8.85. The zero-order valence-electron chi connectivity index (χ0n) is 12.5. The van der Waals surface area contributed by atoms with E-state index in [1.807, 2.05) is 14.1 Å². The Hall–Kier alpha value is -0.160. The Balaban J connectivity index is 3.45. The summed E-state index contributed by atoms with van der Waals surface area (Å²) in [4.78, 5) is 2.53. The van der Waals surface area contributed by atoms with Crippen LogP contribution in [-0.4, -0.2) is 58.3 Å². The molecular formula is C14H34N4. The molecule has 0 fully saturated rings. The first-order valence-corrected chi connectivity index (χ1v) is 7.56. The average Bonchev–Trinajstić information content (AvgIpc) is 2.38. The molecule has 0 unspecified atom stereocenters. The van der Waals surface area contributed by atoms with Crippen molar-refractivity contribution in [1.29, 1.82) is 0 Å². The first kappa shape index (κ1) is 17.8. The molecule has 0 aromatic rings. The monoisotopic (exact) mass is 258 g/mol. The molecule has 0 bridgehead atoms. The Bertz CT molecular complexity index is 139. The quantitative estimate of drug-likeness (QED) is 0.407. The molecule has 18 heavy (non-hydrogen) atoms. The highest BCUT2D eigenvalue weighted by Crippen LogP contribution is 2.02. The lowest BCUT2D eigenvalue weighted by atomic mass is 10.2. The lowest BCUT2D eigenvalue weighted by molar-refractivity contribution is 0.268. The van der Waals surface area contributed by atoms with Crippen LogP contribution in [0.1, 0.15) is 38.5 Å². The topological polar surface area (TPSA) is 53.3 Å². The van der Waals surface area contributed by atoms with Crippen molar-refractivity contribution < 1.29 is 0 Å². The van der Waals surface area contributed by atoms with Gasteiger partial charge in [0.15, 0.2) is 0 Å². The van der Waals surface area contributed by atoms with Crippen LogP contribution in [0.5, 0.6) is 0 Å². The van der Waals surface area contributed by atoms with Crippen LogP contribution in [-0.2, 0) is 0 Å². The van der Waals surface area contributed by atoms with E-state index in [2.05, 4.69) is 15.5 Å². The van der Waals surface area contributed by atoms with E-state index >= 15 is 0 Å². The number of nitrogens with one attached hydrogen (secondary N) is 2. The van der Waals surface area contributed by atoms with Gasteiger partial charge in [0, 0.05) is 13.1 Å². The minimum Gasteiger partial charge on any atom is -0.329 e. The van der Waals surface area contributed by atoms with Crippen molar-refractivity contribution in [2.75, 3.05) is 53.4 Å². The zero-order chi connectivity index (χ0) is 13.5. The van der Waals surface area contributed by atoms with Gasteiger partial charge in [0.05, 0.1) is 0 Å². The third kappa shape index (κ3) is 12.3. The molecule has 0 heterocycles. The standard InChI is InChI=1S/C14H34N4/c1-16-10-5-3-7-12-18(14-9-15)13-8-4-6-11-17-2/h16-17H,3-15H2,1-2H3. The fourth-order valence-electron chi connectivity index (χ4n) is 2.15. The maximum Gasteiger partial charge on any atom is 0.0105 e. The molecule has 110 valence electrons. The normalized spacial score (nSPS) is 11.3. The van der Waals surface area contributed by atoms with E-state index in [1.54, 1.807) is 0 Å². The molecule has 0 atom stereocenters. The molecule has 0 aliphatic rings. The summed E-state index contributed by atoms with van der Waals surface area (Å²) in [5.74, 6) is 0. The number of unbranched alkanes of at least 4 members (excludes halogenated alkanes) is 4. The van der Waals surface area contributed by atoms with Crippen molar-refractivity contribution in [2.24, 2.45) is 5.73 Å². The summed E-state index contributed by atoms with van der Waals surface area (Å²) in [6, 6.07) is 0. The number of rotatable bonds is 14. The van der Waals surface area contributed by atoms with Crippen molar-refractivity contribution in [3.05, 3.63) is 0 Å². The van der Waals surface area contributed by atoms with E-state index < -0.39 is 0 Å². The van der Waals surface area contributed by atoms with E-state index in [1.165, 1.54) is 51.6 Å². The van der Waals surface area contributed by atoms with Crippen molar-refractivity contribution in [1.82, 2.24) is 15.5 Å². The van der Waals surface area contributed by atoms with Crippen molar-refractivity contribution in [3.63, 3.8) is 0 Å². The van der Waals surface area contributed by atoms with E-state index in [-0.39, 0.29) is 0 Å². The van der Waals surface area contributed by atoms with Gasteiger partial charge in [-0.1, -0.05) is 12.8 Å². The highest BCUT2D eigenvalue weighted by molar-refractivity contribution is 4.60. The summed E-state index contributed by atoms with van der Waals surface area (Å²) < 4.78 is 0. The van der Waals surface area contributed by atoms with E-state index in [4.69, 9.17) is 5.73 Å². The smallest absolute Gasteiger partial charge is 0.0105 e. The van der Waals surface area contributed by atoms with Crippen LogP contribution in [0.15, 0.2) is 0 Å². The third-order valence-electron chi connectivity index (χ3n) is 3.25. The maximum absolute atomic E-state index is 5.67. The fourth-order valence-corrected chi connectivity index (χ4v) is 2.15. The van der Waals surface area contributed by atoms with Crippen molar-refractivity contribution in [3.8, 4) is 0 Å². The largest absolute Gasteiger partial charge is 0.329 e. The van der Waals surface area contributed by atoms with Gasteiger partial charge in [0.25, 0.3) is 0 Å². The Kier molecular flexibility index (Phi) is 14.8. The van der Waals surface area contributed by atoms with Gasteiger partial charge in [-0.2, -0.15) is 0 Å². The molecule has 0 radical (unpaired) electrons. The number of nitrogens with zero attached hydrogens (tertiary/aromatic N) is 1. The molecule has 0 aliphatic carbocycles. The highest BCUT2D eigenvalue weighted by atomic mass is 15.1. The Labute approximate surface area is 114 Å². The minimum absolute atomic E-state index is 0.785. The zero-order valence-corrected chi connectivity index (χ0v) is 12.5. The Morgan fingerprint density at radius 1 is 0.722 bits per heavy atom. The van der Waals surface area contributed by atoms with Gasteiger partial charge in [-0.3, -0.25) is 0 Å². The van der Waals surface area contributed by atoms with Gasteiger partial charge in [0.1, 0.15) is 0 Å². The third-order valence-corrected chi connectivity index (χ3v) is 3.25. The van der Waals surface area contributed by atoms with Crippen molar-refractivity contribution in [2.45, 2.75) is 38.5 Å². The molecule has 0 saturated heterocycles. The molecule has 0 rings (SSSR count). The summed E-state index contributed by atoms with van der Waals surface area (Å²) in [6.45, 7) is 6.55. The van der Waals surface area contributed by atoms with Crippen LogP contribution in [0.2, 0.25) is 0 Å². The molecule has 0 aromatic heterocycles.